The minimum Gasteiger partial charge on any atom is -0.349 e. The maximum atomic E-state index is 13.3. The molecule has 0 unspecified atom stereocenters. The van der Waals surface area contributed by atoms with Crippen LogP contribution < -0.4 is 5.32 Å². The van der Waals surface area contributed by atoms with E-state index in [1.165, 1.54) is 6.07 Å². The third kappa shape index (κ3) is 4.10. The lowest BCUT2D eigenvalue weighted by Crippen LogP contribution is -2.37. The molecule has 24 heavy (non-hydrogen) atoms. The van der Waals surface area contributed by atoms with E-state index in [4.69, 9.17) is 0 Å². The Hall–Kier alpha value is -1.98. The highest BCUT2D eigenvalue weighted by Gasteiger charge is 2.36. The Morgan fingerprint density at radius 2 is 2.04 bits per heavy atom. The molecule has 0 aliphatic carbocycles. The van der Waals surface area contributed by atoms with Gasteiger partial charge in [0.1, 0.15) is 0 Å². The van der Waals surface area contributed by atoms with Gasteiger partial charge in [0.05, 0.1) is 12.0 Å². The van der Waals surface area contributed by atoms with Crippen LogP contribution in [0.25, 0.3) is 0 Å². The summed E-state index contributed by atoms with van der Waals surface area (Å²) in [6.07, 6.45) is 2.09. The molecule has 0 bridgehead atoms. The molecule has 1 heterocycles. The summed E-state index contributed by atoms with van der Waals surface area (Å²) in [5.41, 5.74) is 0.489. The molecule has 4 nitrogen and oxygen atoms in total. The lowest BCUT2D eigenvalue weighted by atomic mass is 10.0. The number of amides is 2. The molecule has 3 atom stereocenters. The van der Waals surface area contributed by atoms with Crippen LogP contribution in [0.3, 0.4) is 0 Å². The van der Waals surface area contributed by atoms with E-state index in [0.717, 1.165) is 25.0 Å². The minimum atomic E-state index is -0.941. The van der Waals surface area contributed by atoms with Crippen molar-refractivity contribution < 1.29 is 18.4 Å². The second kappa shape index (κ2) is 7.73. The predicted octanol–water partition coefficient (Wildman–Crippen LogP) is 3.18. The fraction of sp³-hybridized carbons (Fsp3) is 0.556. The normalized spacial score (nSPS) is 20.1. The molecular formula is C18H24F2N2O2. The molecule has 1 fully saturated rings. The maximum absolute atomic E-state index is 13.3. The first-order valence-electron chi connectivity index (χ1n) is 8.38. The van der Waals surface area contributed by atoms with Gasteiger partial charge in [-0.05, 0) is 38.0 Å². The smallest absolute Gasteiger partial charge is 0.225 e. The number of likely N-dealkylation sites (tertiary alicyclic amines) is 1. The maximum Gasteiger partial charge on any atom is 0.225 e. The minimum absolute atomic E-state index is 0.00317. The zero-order chi connectivity index (χ0) is 17.9. The van der Waals surface area contributed by atoms with Crippen molar-refractivity contribution in [3.8, 4) is 0 Å². The van der Waals surface area contributed by atoms with E-state index in [2.05, 4.69) is 12.2 Å². The number of carbonyl (C=O) groups is 2. The number of nitrogens with zero attached hydrogens (tertiary/aromatic N) is 1. The van der Waals surface area contributed by atoms with E-state index in [-0.39, 0.29) is 24.3 Å². The van der Waals surface area contributed by atoms with Gasteiger partial charge >= 0.3 is 0 Å². The fourth-order valence-electron chi connectivity index (χ4n) is 3.10. The summed E-state index contributed by atoms with van der Waals surface area (Å²) >= 11 is 0. The Balaban J connectivity index is 1.97. The van der Waals surface area contributed by atoms with Crippen LogP contribution >= 0.6 is 0 Å². The van der Waals surface area contributed by atoms with Crippen molar-refractivity contribution >= 4 is 11.8 Å². The zero-order valence-corrected chi connectivity index (χ0v) is 14.3. The zero-order valence-electron chi connectivity index (χ0n) is 14.3. The summed E-state index contributed by atoms with van der Waals surface area (Å²) in [6, 6.07) is 3.24. The number of benzene rings is 1. The molecule has 1 saturated heterocycles. The van der Waals surface area contributed by atoms with Gasteiger partial charge in [-0.2, -0.15) is 0 Å². The van der Waals surface area contributed by atoms with E-state index in [0.29, 0.717) is 12.1 Å². The number of hydrogen-bond donors (Lipinski definition) is 1. The van der Waals surface area contributed by atoms with E-state index in [1.807, 2.05) is 6.92 Å². The molecule has 0 spiro atoms. The number of hydrogen-bond acceptors (Lipinski definition) is 2. The Labute approximate surface area is 141 Å². The molecule has 1 aromatic carbocycles. The Morgan fingerprint density at radius 3 is 2.67 bits per heavy atom. The second-order valence-corrected chi connectivity index (χ2v) is 6.49. The molecule has 0 radical (unpaired) electrons. The molecule has 1 N–H and O–H groups in total. The van der Waals surface area contributed by atoms with Crippen LogP contribution in [0.4, 0.5) is 8.78 Å². The number of nitrogens with one attached hydrogen (secondary N) is 1. The van der Waals surface area contributed by atoms with E-state index >= 15 is 0 Å². The van der Waals surface area contributed by atoms with Crippen LogP contribution in [-0.2, 0) is 9.59 Å². The van der Waals surface area contributed by atoms with Crippen molar-refractivity contribution in [1.29, 1.82) is 0 Å². The van der Waals surface area contributed by atoms with Gasteiger partial charge in [-0.1, -0.05) is 19.4 Å². The van der Waals surface area contributed by atoms with Gasteiger partial charge in [-0.25, -0.2) is 8.78 Å². The molecule has 1 aliphatic heterocycles. The third-order valence-corrected chi connectivity index (χ3v) is 4.57. The molecule has 1 aromatic rings. The van der Waals surface area contributed by atoms with Crippen molar-refractivity contribution in [2.45, 2.75) is 52.1 Å². The average Bonchev–Trinajstić information content (AvgIpc) is 2.92. The first kappa shape index (κ1) is 18.4. The van der Waals surface area contributed by atoms with Crippen LogP contribution in [0, 0.1) is 17.6 Å². The first-order chi connectivity index (χ1) is 11.3. The van der Waals surface area contributed by atoms with E-state index < -0.39 is 23.6 Å². The Bertz CT molecular complexity index is 621. The summed E-state index contributed by atoms with van der Waals surface area (Å²) < 4.78 is 26.3. The van der Waals surface area contributed by atoms with E-state index in [1.54, 1.807) is 11.8 Å². The van der Waals surface area contributed by atoms with Gasteiger partial charge < -0.3 is 10.2 Å². The average molecular weight is 338 g/mol. The van der Waals surface area contributed by atoms with Crippen molar-refractivity contribution in [3.63, 3.8) is 0 Å². The second-order valence-electron chi connectivity index (χ2n) is 6.49. The highest BCUT2D eigenvalue weighted by Crippen LogP contribution is 2.23. The van der Waals surface area contributed by atoms with Gasteiger partial charge in [0.25, 0.3) is 0 Å². The highest BCUT2D eigenvalue weighted by atomic mass is 19.2. The van der Waals surface area contributed by atoms with Gasteiger partial charge in [0, 0.05) is 19.0 Å². The van der Waals surface area contributed by atoms with E-state index in [9.17, 15) is 18.4 Å². The molecule has 6 heteroatoms. The van der Waals surface area contributed by atoms with Gasteiger partial charge in [-0.3, -0.25) is 9.59 Å². The highest BCUT2D eigenvalue weighted by molar-refractivity contribution is 5.89. The molecule has 2 rings (SSSR count). The largest absolute Gasteiger partial charge is 0.349 e. The Kier molecular flexibility index (Phi) is 5.91. The molecule has 0 aromatic heterocycles. The lowest BCUT2D eigenvalue weighted by molar-refractivity contribution is -0.130. The predicted molar refractivity (Wildman–Crippen MR) is 87.1 cm³/mol. The Morgan fingerprint density at radius 1 is 1.33 bits per heavy atom. The molecule has 2 amide bonds. The summed E-state index contributed by atoms with van der Waals surface area (Å²) in [4.78, 5) is 26.3. The van der Waals surface area contributed by atoms with Gasteiger partial charge in [0.2, 0.25) is 11.8 Å². The lowest BCUT2D eigenvalue weighted by Gasteiger charge is -2.24. The van der Waals surface area contributed by atoms with Crippen LogP contribution in [0.15, 0.2) is 18.2 Å². The van der Waals surface area contributed by atoms with Crippen LogP contribution in [0.1, 0.15) is 51.6 Å². The topological polar surface area (TPSA) is 49.4 Å². The quantitative estimate of drug-likeness (QED) is 0.866. The van der Waals surface area contributed by atoms with Crippen molar-refractivity contribution in [1.82, 2.24) is 10.2 Å². The van der Waals surface area contributed by atoms with Crippen molar-refractivity contribution in [2.75, 3.05) is 6.54 Å². The molecular weight excluding hydrogens is 314 g/mol. The summed E-state index contributed by atoms with van der Waals surface area (Å²) in [5.74, 6) is -2.49. The first-order valence-corrected chi connectivity index (χ1v) is 8.38. The summed E-state index contributed by atoms with van der Waals surface area (Å²) in [7, 11) is 0. The molecule has 132 valence electrons. The van der Waals surface area contributed by atoms with Crippen molar-refractivity contribution in [2.24, 2.45) is 5.92 Å². The van der Waals surface area contributed by atoms with Gasteiger partial charge in [0.15, 0.2) is 11.6 Å². The fourth-order valence-corrected chi connectivity index (χ4v) is 3.10. The number of rotatable bonds is 6. The number of carbonyl (C=O) groups excluding carboxylic acids is 2. The summed E-state index contributed by atoms with van der Waals surface area (Å²) in [5, 5.41) is 2.79. The standard InChI is InChI=1S/C18H24F2N2O2/c1-4-5-11(2)22-10-14(9-17(22)23)18(24)21-12(3)13-6-7-15(19)16(20)8-13/h6-8,11-12,14H,4-5,9-10H2,1-3H3,(H,21,24)/t11-,12-,14+/m0/s1. The van der Waals surface area contributed by atoms with Crippen LogP contribution in [-0.4, -0.2) is 29.3 Å². The molecule has 0 saturated carbocycles. The third-order valence-electron chi connectivity index (χ3n) is 4.57. The SMILES string of the molecule is CCC[C@H](C)N1C[C@H](C(=O)N[C@@H](C)c2ccc(F)c(F)c2)CC1=O. The van der Waals surface area contributed by atoms with Gasteiger partial charge in [-0.15, -0.1) is 0 Å². The van der Waals surface area contributed by atoms with Crippen molar-refractivity contribution in [3.05, 3.63) is 35.4 Å². The monoisotopic (exact) mass is 338 g/mol. The molecule has 1 aliphatic rings. The van der Waals surface area contributed by atoms with Crippen LogP contribution in [0.2, 0.25) is 0 Å². The number of halogens is 2. The van der Waals surface area contributed by atoms with Crippen LogP contribution in [0.5, 0.6) is 0 Å². The summed E-state index contributed by atoms with van der Waals surface area (Å²) in [6.45, 7) is 6.17.